The zero-order valence-corrected chi connectivity index (χ0v) is 7.26. The van der Waals surface area contributed by atoms with Gasteiger partial charge in [-0.1, -0.05) is 13.8 Å². The van der Waals surface area contributed by atoms with Crippen LogP contribution >= 0.6 is 0 Å². The summed E-state index contributed by atoms with van der Waals surface area (Å²) in [6, 6.07) is 0. The summed E-state index contributed by atoms with van der Waals surface area (Å²) in [5, 5.41) is 0. The lowest BCUT2D eigenvalue weighted by Gasteiger charge is -2.46. The summed E-state index contributed by atoms with van der Waals surface area (Å²) in [6.07, 6.45) is 2.27. The third kappa shape index (κ3) is 1.26. The number of rotatable bonds is 1. The van der Waals surface area contributed by atoms with Gasteiger partial charge < -0.3 is 4.90 Å². The van der Waals surface area contributed by atoms with Crippen LogP contribution in [-0.2, 0) is 4.79 Å². The summed E-state index contributed by atoms with van der Waals surface area (Å²) in [5.74, 6) is 0.815. The van der Waals surface area contributed by atoms with E-state index in [-0.39, 0.29) is 0 Å². The fourth-order valence-electron chi connectivity index (χ4n) is 1.73. The van der Waals surface area contributed by atoms with Crippen molar-refractivity contribution < 1.29 is 4.79 Å². The lowest BCUT2D eigenvalue weighted by Crippen LogP contribution is -2.55. The van der Waals surface area contributed by atoms with Crippen molar-refractivity contribution in [3.8, 4) is 0 Å². The zero-order chi connectivity index (χ0) is 8.06. The predicted molar refractivity (Wildman–Crippen MR) is 43.1 cm³/mol. The van der Waals surface area contributed by atoms with E-state index in [1.807, 2.05) is 4.90 Å². The highest BCUT2D eigenvalue weighted by atomic mass is 16.2. The maximum absolute atomic E-state index is 11.4. The molecule has 0 N–H and O–H groups in total. The lowest BCUT2D eigenvalue weighted by molar-refractivity contribution is -0.142. The molecule has 0 atom stereocenters. The van der Waals surface area contributed by atoms with Crippen molar-refractivity contribution >= 4 is 5.91 Å². The van der Waals surface area contributed by atoms with Gasteiger partial charge in [0, 0.05) is 19.0 Å². The van der Waals surface area contributed by atoms with Gasteiger partial charge in [0.15, 0.2) is 0 Å². The van der Waals surface area contributed by atoms with Gasteiger partial charge in [-0.15, -0.1) is 0 Å². The smallest absolute Gasteiger partial charge is 0.225 e. The van der Waals surface area contributed by atoms with Crippen LogP contribution in [0, 0.1) is 11.3 Å². The fraction of sp³-hybridized carbons (Fsp3) is 0.889. The monoisotopic (exact) mass is 153 g/mol. The number of likely N-dealkylation sites (tertiary alicyclic amines) is 1. The highest BCUT2D eigenvalue weighted by Gasteiger charge is 2.42. The first-order valence-electron chi connectivity index (χ1n) is 4.37. The van der Waals surface area contributed by atoms with Crippen LogP contribution in [0.15, 0.2) is 0 Å². The van der Waals surface area contributed by atoms with Gasteiger partial charge >= 0.3 is 0 Å². The van der Waals surface area contributed by atoms with Gasteiger partial charge in [-0.2, -0.15) is 0 Å². The van der Waals surface area contributed by atoms with Crippen LogP contribution < -0.4 is 0 Å². The maximum Gasteiger partial charge on any atom is 0.225 e. The molecule has 1 saturated heterocycles. The first-order valence-corrected chi connectivity index (χ1v) is 4.37. The summed E-state index contributed by atoms with van der Waals surface area (Å²) < 4.78 is 0. The molecule has 11 heavy (non-hydrogen) atoms. The van der Waals surface area contributed by atoms with E-state index in [2.05, 4.69) is 13.8 Å². The molecule has 0 aromatic carbocycles. The minimum Gasteiger partial charge on any atom is -0.341 e. The van der Waals surface area contributed by atoms with Crippen LogP contribution in [0.4, 0.5) is 0 Å². The van der Waals surface area contributed by atoms with Gasteiger partial charge in [0.05, 0.1) is 0 Å². The lowest BCUT2D eigenvalue weighted by atomic mass is 9.84. The molecule has 1 heterocycles. The van der Waals surface area contributed by atoms with E-state index in [1.165, 1.54) is 0 Å². The van der Waals surface area contributed by atoms with Crippen LogP contribution in [0.1, 0.15) is 26.7 Å². The first kappa shape index (κ1) is 7.14. The molecule has 2 heteroatoms. The van der Waals surface area contributed by atoms with Crippen LogP contribution in [0.2, 0.25) is 0 Å². The van der Waals surface area contributed by atoms with Crippen LogP contribution in [0.3, 0.4) is 0 Å². The average molecular weight is 153 g/mol. The summed E-state index contributed by atoms with van der Waals surface area (Å²) >= 11 is 0. The van der Waals surface area contributed by atoms with E-state index in [0.29, 0.717) is 17.2 Å². The molecule has 0 bridgehead atoms. The van der Waals surface area contributed by atoms with E-state index in [0.717, 1.165) is 25.9 Å². The molecule has 0 unspecified atom stereocenters. The highest BCUT2D eigenvalue weighted by molar-refractivity contribution is 5.81. The van der Waals surface area contributed by atoms with Crippen LogP contribution in [0.5, 0.6) is 0 Å². The van der Waals surface area contributed by atoms with Crippen molar-refractivity contribution in [2.45, 2.75) is 26.7 Å². The van der Waals surface area contributed by atoms with E-state index in [9.17, 15) is 4.79 Å². The van der Waals surface area contributed by atoms with Crippen molar-refractivity contribution in [1.82, 2.24) is 4.90 Å². The molecular weight excluding hydrogens is 138 g/mol. The van der Waals surface area contributed by atoms with E-state index >= 15 is 0 Å². The molecule has 62 valence electrons. The molecule has 1 amide bonds. The Morgan fingerprint density at radius 3 is 2.27 bits per heavy atom. The van der Waals surface area contributed by atoms with E-state index in [1.54, 1.807) is 0 Å². The molecule has 0 aromatic rings. The number of hydrogen-bond donors (Lipinski definition) is 0. The number of hydrogen-bond acceptors (Lipinski definition) is 1. The molecule has 1 saturated carbocycles. The summed E-state index contributed by atoms with van der Waals surface area (Å²) in [6.45, 7) is 6.37. The van der Waals surface area contributed by atoms with Crippen molar-refractivity contribution in [2.24, 2.45) is 11.3 Å². The largest absolute Gasteiger partial charge is 0.341 e. The Morgan fingerprint density at radius 2 is 1.91 bits per heavy atom. The molecule has 2 rings (SSSR count). The maximum atomic E-state index is 11.4. The fourth-order valence-corrected chi connectivity index (χ4v) is 1.73. The minimum atomic E-state index is 0.393. The molecule has 0 radical (unpaired) electrons. The molecule has 2 nitrogen and oxygen atoms in total. The SMILES string of the molecule is CC1(C)CN(C(=O)C2CC2)C1. The Kier molecular flexibility index (Phi) is 1.29. The highest BCUT2D eigenvalue weighted by Crippen LogP contribution is 2.36. The number of nitrogens with zero attached hydrogens (tertiary/aromatic N) is 1. The number of carbonyl (C=O) groups is 1. The van der Waals surface area contributed by atoms with Gasteiger partial charge in [-0.25, -0.2) is 0 Å². The van der Waals surface area contributed by atoms with Crippen molar-refractivity contribution in [2.75, 3.05) is 13.1 Å². The van der Waals surface area contributed by atoms with E-state index in [4.69, 9.17) is 0 Å². The second kappa shape index (κ2) is 1.99. The van der Waals surface area contributed by atoms with Gasteiger partial charge in [0.1, 0.15) is 0 Å². The van der Waals surface area contributed by atoms with E-state index < -0.39 is 0 Å². The molecule has 0 aromatic heterocycles. The molecule has 1 aliphatic heterocycles. The number of amides is 1. The Morgan fingerprint density at radius 1 is 1.36 bits per heavy atom. The third-order valence-corrected chi connectivity index (χ3v) is 2.48. The molecular formula is C9H15NO. The zero-order valence-electron chi connectivity index (χ0n) is 7.26. The van der Waals surface area contributed by atoms with Crippen LogP contribution in [0.25, 0.3) is 0 Å². The van der Waals surface area contributed by atoms with Crippen molar-refractivity contribution in [3.63, 3.8) is 0 Å². The molecule has 2 fully saturated rings. The van der Waals surface area contributed by atoms with Gasteiger partial charge in [0.2, 0.25) is 5.91 Å². The van der Waals surface area contributed by atoms with Crippen LogP contribution in [-0.4, -0.2) is 23.9 Å². The standard InChI is InChI=1S/C9H15NO/c1-9(2)5-10(6-9)8(11)7-3-4-7/h7H,3-6H2,1-2H3. The first-order chi connectivity index (χ1) is 5.08. The predicted octanol–water partition coefficient (Wildman–Crippen LogP) is 1.26. The summed E-state index contributed by atoms with van der Waals surface area (Å²) in [5.41, 5.74) is 0.393. The summed E-state index contributed by atoms with van der Waals surface area (Å²) in [7, 11) is 0. The van der Waals surface area contributed by atoms with Gasteiger partial charge in [0.25, 0.3) is 0 Å². The minimum absolute atomic E-state index is 0.393. The second-order valence-corrected chi connectivity index (χ2v) is 4.63. The Hall–Kier alpha value is -0.530. The number of carbonyl (C=O) groups excluding carboxylic acids is 1. The molecule has 2 aliphatic rings. The molecule has 1 aliphatic carbocycles. The van der Waals surface area contributed by atoms with Crippen molar-refractivity contribution in [3.05, 3.63) is 0 Å². The Labute approximate surface area is 67.6 Å². The van der Waals surface area contributed by atoms with Crippen molar-refractivity contribution in [1.29, 1.82) is 0 Å². The molecule has 0 spiro atoms. The van der Waals surface area contributed by atoms with Gasteiger partial charge in [-0.05, 0) is 18.3 Å². The topological polar surface area (TPSA) is 20.3 Å². The normalized spacial score (nSPS) is 28.0. The summed E-state index contributed by atoms with van der Waals surface area (Å²) in [4.78, 5) is 13.4. The van der Waals surface area contributed by atoms with Gasteiger partial charge in [-0.3, -0.25) is 4.79 Å². The third-order valence-electron chi connectivity index (χ3n) is 2.48. The average Bonchev–Trinajstić information content (AvgIpc) is 2.61. The quantitative estimate of drug-likeness (QED) is 0.555. The Bertz CT molecular complexity index is 186. The second-order valence-electron chi connectivity index (χ2n) is 4.63. The Balaban J connectivity index is 1.85.